The highest BCUT2D eigenvalue weighted by Gasteiger charge is 2.55. The second-order valence-electron chi connectivity index (χ2n) is 14.3. The van der Waals surface area contributed by atoms with E-state index in [-0.39, 0.29) is 51.3 Å². The molecule has 6 aromatic rings. The number of aliphatic hydroxyl groups is 6. The van der Waals surface area contributed by atoms with Crippen LogP contribution in [0.1, 0.15) is 18.7 Å². The van der Waals surface area contributed by atoms with Gasteiger partial charge in [0.25, 0.3) is 16.7 Å². The van der Waals surface area contributed by atoms with E-state index in [1.807, 2.05) is 0 Å². The van der Waals surface area contributed by atoms with Crippen molar-refractivity contribution in [2.45, 2.75) is 73.6 Å². The highest BCUT2D eigenvalue weighted by atomic mass is 31.2. The summed E-state index contributed by atoms with van der Waals surface area (Å²) in [5.41, 5.74) is 14.3. The molecule has 3 aliphatic rings. The van der Waals surface area contributed by atoms with E-state index < -0.39 is 118 Å². The van der Waals surface area contributed by atoms with Gasteiger partial charge in [-0.05, 0) is 0 Å². The van der Waals surface area contributed by atoms with Gasteiger partial charge in [0.1, 0.15) is 74.8 Å². The summed E-state index contributed by atoms with van der Waals surface area (Å²) in [6, 6.07) is 0. The lowest BCUT2D eigenvalue weighted by Crippen LogP contribution is -2.36. The molecule has 32 heteroatoms. The molecule has 9 rings (SSSR count). The number of aliphatic hydroxyl groups excluding tert-OH is 6. The molecule has 0 unspecified atom stereocenters. The second kappa shape index (κ2) is 15.6. The third-order valence-electron chi connectivity index (χ3n) is 10.4. The average Bonchev–Trinajstić information content (AvgIpc) is 4.08. The van der Waals surface area contributed by atoms with Crippen molar-refractivity contribution in [1.82, 2.24) is 58.6 Å². The zero-order chi connectivity index (χ0) is 43.9. The van der Waals surface area contributed by atoms with Gasteiger partial charge >= 0.3 is 8.17 Å². The molecule has 0 aromatic carbocycles. The number of imidazole rings is 3. The number of fused-ring (bicyclic) bond motifs is 3. The van der Waals surface area contributed by atoms with Crippen molar-refractivity contribution >= 4 is 59.5 Å². The zero-order valence-electron chi connectivity index (χ0n) is 31.3. The van der Waals surface area contributed by atoms with Crippen LogP contribution in [-0.2, 0) is 27.8 Å². The fraction of sp³-hybridized carbons (Fsp3) is 0.500. The van der Waals surface area contributed by atoms with Crippen molar-refractivity contribution in [3.63, 3.8) is 0 Å². The van der Waals surface area contributed by atoms with E-state index in [9.17, 15) is 49.9 Å². The summed E-state index contributed by atoms with van der Waals surface area (Å²) in [6.45, 7) is -2.32. The maximum Gasteiger partial charge on any atom is 0.572 e. The Balaban J connectivity index is 0.941. The van der Waals surface area contributed by atoms with Crippen molar-refractivity contribution < 1.29 is 63.3 Å². The van der Waals surface area contributed by atoms with Gasteiger partial charge in [-0.3, -0.25) is 43.0 Å². The molecule has 62 heavy (non-hydrogen) atoms. The molecule has 332 valence electrons. The van der Waals surface area contributed by atoms with Gasteiger partial charge in [0.05, 0.1) is 19.0 Å². The lowest BCUT2D eigenvalue weighted by Gasteiger charge is -2.22. The summed E-state index contributed by atoms with van der Waals surface area (Å²) in [5, 5.41) is 65.9. The number of nitrogens with one attached hydrogen (secondary N) is 3. The quantitative estimate of drug-likeness (QED) is 0.0508. The van der Waals surface area contributed by atoms with Gasteiger partial charge in [-0.2, -0.15) is 33.4 Å². The normalized spacial score (nSPS) is 30.4. The van der Waals surface area contributed by atoms with Crippen molar-refractivity contribution in [1.29, 1.82) is 0 Å². The van der Waals surface area contributed by atoms with E-state index in [0.29, 0.717) is 0 Å². The number of nitrogens with two attached hydrogens (primary N) is 3. The summed E-state index contributed by atoms with van der Waals surface area (Å²) < 4.78 is 38.1. The first kappa shape index (κ1) is 41.7. The molecule has 0 saturated carbocycles. The highest BCUT2D eigenvalue weighted by molar-refractivity contribution is 7.55. The smallest absolute Gasteiger partial charge is 0.387 e. The minimum atomic E-state index is -4.76. The first-order valence-electron chi connectivity index (χ1n) is 18.3. The molecule has 3 saturated heterocycles. The number of aromatic nitrogens is 12. The Morgan fingerprint density at radius 1 is 0.532 bits per heavy atom. The van der Waals surface area contributed by atoms with Gasteiger partial charge in [0.2, 0.25) is 17.8 Å². The highest BCUT2D eigenvalue weighted by Crippen LogP contribution is 2.59. The Labute approximate surface area is 341 Å². The molecule has 9 heterocycles. The Morgan fingerprint density at radius 3 is 1.08 bits per heavy atom. The Kier molecular flexibility index (Phi) is 10.5. The van der Waals surface area contributed by atoms with Crippen LogP contribution in [0.2, 0.25) is 0 Å². The number of ether oxygens (including phenoxy) is 3. The molecule has 0 bridgehead atoms. The molecular weight excluding hydrogens is 857 g/mol. The first-order chi connectivity index (χ1) is 29.5. The van der Waals surface area contributed by atoms with E-state index in [1.165, 1.54) is 0 Å². The summed E-state index contributed by atoms with van der Waals surface area (Å²) in [7, 11) is -4.76. The van der Waals surface area contributed by atoms with Gasteiger partial charge in [0.15, 0.2) is 52.2 Å². The summed E-state index contributed by atoms with van der Waals surface area (Å²) in [5.74, 6) is -0.801. The van der Waals surface area contributed by atoms with Crippen LogP contribution in [0.3, 0.4) is 0 Å². The fourth-order valence-corrected chi connectivity index (χ4v) is 8.52. The summed E-state index contributed by atoms with van der Waals surface area (Å²) in [4.78, 5) is 79.7. The van der Waals surface area contributed by atoms with Crippen LogP contribution < -0.4 is 33.9 Å². The third-order valence-corrected chi connectivity index (χ3v) is 11.8. The van der Waals surface area contributed by atoms with Crippen LogP contribution in [0, 0.1) is 0 Å². The first-order valence-corrected chi connectivity index (χ1v) is 19.8. The summed E-state index contributed by atoms with van der Waals surface area (Å²) in [6.07, 6.45) is -15.4. The van der Waals surface area contributed by atoms with Crippen LogP contribution in [0.4, 0.5) is 17.8 Å². The standard InChI is InChI=1S/C30H36N15O16P/c31-28-37-19-10(22(52)40-28)34-4-43(19)25-16(49)13(46)7(59-25)1-56-62(55,57-2-8-14(47)17(50)26(60-8)44-5-35-11-20(44)38-29(32)41-23(11)53)58-3-9-15(48)18(51)27(61-9)45-6-36-12-21(45)39-30(33)42-24(12)54/h4-9,13-18,25-27,46-51,55H,1-3H2,(H8-,31,32,33,37,38,39,40,41,42,52,53,54)/p+1/t7-,8-,9-,13-,14-,15-,16-,17-,18-,25-,26-,27-/m1/s1. The SMILES string of the molecule is Nc1nc2c(ncn2[C@@H]2O[C@H](CO[P+](O)(OC[C@H]3O[C@@H](n4cnc5c(=O)[nH]c(N)nc54)[C@H](O)[C@@H]3O)OC[C@H]3O[C@@H](n4cnc5c(=O)[nH]c(N)nc54)[C@H](O)[C@@H]3O)[C@@H](O)[C@H]2O)c(=O)[nH]1. The molecule has 3 aliphatic heterocycles. The molecule has 0 spiro atoms. The zero-order valence-corrected chi connectivity index (χ0v) is 32.2. The fourth-order valence-electron chi connectivity index (χ4n) is 7.29. The molecule has 0 amide bonds. The van der Waals surface area contributed by atoms with Crippen LogP contribution >= 0.6 is 8.17 Å². The number of aromatic amines is 3. The average molecular weight is 895 g/mol. The third kappa shape index (κ3) is 7.13. The molecule has 16 N–H and O–H groups in total. The lowest BCUT2D eigenvalue weighted by atomic mass is 10.1. The van der Waals surface area contributed by atoms with Gasteiger partial charge in [-0.15, -0.1) is 0 Å². The lowest BCUT2D eigenvalue weighted by molar-refractivity contribution is -0.0785. The number of nitrogen functional groups attached to an aromatic ring is 3. The minimum Gasteiger partial charge on any atom is -0.387 e. The van der Waals surface area contributed by atoms with E-state index >= 15 is 0 Å². The molecule has 0 aliphatic carbocycles. The van der Waals surface area contributed by atoms with Gasteiger partial charge < -0.3 is 62.1 Å². The van der Waals surface area contributed by atoms with Crippen LogP contribution in [-0.4, -0.2) is 169 Å². The van der Waals surface area contributed by atoms with Gasteiger partial charge in [-0.25, -0.2) is 15.0 Å². The van der Waals surface area contributed by atoms with E-state index in [2.05, 4.69) is 44.9 Å². The van der Waals surface area contributed by atoms with Crippen LogP contribution in [0.25, 0.3) is 33.5 Å². The molecule has 12 atom stereocenters. The maximum absolute atomic E-state index is 12.3. The van der Waals surface area contributed by atoms with Crippen molar-refractivity contribution in [2.24, 2.45) is 0 Å². The number of nitrogens with zero attached hydrogens (tertiary/aromatic N) is 9. The Morgan fingerprint density at radius 2 is 0.806 bits per heavy atom. The maximum atomic E-state index is 12.3. The topological polar surface area (TPSA) is 466 Å². The Hall–Kier alpha value is -5.64. The molecule has 3 fully saturated rings. The number of hydrogen-bond acceptors (Lipinski definition) is 25. The van der Waals surface area contributed by atoms with E-state index in [4.69, 9.17) is 45.0 Å². The number of hydrogen-bond donors (Lipinski definition) is 13. The van der Waals surface area contributed by atoms with Crippen molar-refractivity contribution in [3.8, 4) is 0 Å². The van der Waals surface area contributed by atoms with Gasteiger partial charge in [-0.1, -0.05) is 0 Å². The van der Waals surface area contributed by atoms with Crippen molar-refractivity contribution in [3.05, 3.63) is 50.0 Å². The van der Waals surface area contributed by atoms with Crippen LogP contribution in [0.15, 0.2) is 33.4 Å². The monoisotopic (exact) mass is 894 g/mol. The second-order valence-corrected chi connectivity index (χ2v) is 16.0. The molecule has 6 aromatic heterocycles. The van der Waals surface area contributed by atoms with Gasteiger partial charge in [0, 0.05) is 0 Å². The predicted octanol–water partition coefficient (Wildman–Crippen LogP) is -6.29. The Bertz CT molecular complexity index is 2530. The van der Waals surface area contributed by atoms with Crippen LogP contribution in [0.5, 0.6) is 0 Å². The molecule has 31 nitrogen and oxygen atoms in total. The van der Waals surface area contributed by atoms with E-state index in [1.54, 1.807) is 0 Å². The minimum absolute atomic E-state index is 0.0875. The number of H-pyrrole nitrogens is 3. The largest absolute Gasteiger partial charge is 0.572 e. The number of anilines is 3. The molecular formula is C30H37N15O16P+. The van der Waals surface area contributed by atoms with Crippen molar-refractivity contribution in [2.75, 3.05) is 37.0 Å². The molecule has 0 radical (unpaired) electrons. The summed E-state index contributed by atoms with van der Waals surface area (Å²) >= 11 is 0. The predicted molar refractivity (Wildman–Crippen MR) is 202 cm³/mol. The number of rotatable bonds is 12. The van der Waals surface area contributed by atoms with E-state index in [0.717, 1.165) is 32.7 Å².